The summed E-state index contributed by atoms with van der Waals surface area (Å²) in [6, 6.07) is 13.8. The number of rotatable bonds is 7. The largest absolute Gasteiger partial charge is 0.495 e. The van der Waals surface area contributed by atoms with Crippen LogP contribution in [0, 0.1) is 6.92 Å². The Hall–Kier alpha value is -3.70. The quantitative estimate of drug-likeness (QED) is 0.315. The smallest absolute Gasteiger partial charge is 0.297 e. The van der Waals surface area contributed by atoms with Gasteiger partial charge in [-0.25, -0.2) is 0 Å². The van der Waals surface area contributed by atoms with Gasteiger partial charge in [-0.05, 0) is 60.0 Å². The molecule has 9 nitrogen and oxygen atoms in total. The van der Waals surface area contributed by atoms with E-state index in [1.807, 2.05) is 36.7 Å². The first-order valence-electron chi connectivity index (χ1n) is 11.6. The molecule has 1 aliphatic heterocycles. The fourth-order valence-electron chi connectivity index (χ4n) is 4.61. The number of carbonyl (C=O) groups excluding carboxylic acids is 1. The third-order valence-electron chi connectivity index (χ3n) is 6.41. The van der Waals surface area contributed by atoms with Gasteiger partial charge >= 0.3 is 0 Å². The number of aryl methyl sites for hydroxylation is 2. The monoisotopic (exact) mass is 600 g/mol. The number of sulfonamides is 1. The highest BCUT2D eigenvalue weighted by molar-refractivity contribution is 9.10. The first kappa shape index (κ1) is 25.9. The van der Waals surface area contributed by atoms with Crippen molar-refractivity contribution in [1.29, 1.82) is 0 Å². The van der Waals surface area contributed by atoms with Gasteiger partial charge in [0.1, 0.15) is 5.75 Å². The zero-order valence-corrected chi connectivity index (χ0v) is 23.5. The van der Waals surface area contributed by atoms with E-state index in [1.54, 1.807) is 36.5 Å². The summed E-state index contributed by atoms with van der Waals surface area (Å²) < 4.78 is 54.2. The van der Waals surface area contributed by atoms with Crippen molar-refractivity contribution in [2.24, 2.45) is 7.05 Å². The number of hydrogen-bond acceptors (Lipinski definition) is 7. The highest BCUT2D eigenvalue weighted by Crippen LogP contribution is 2.46. The van der Waals surface area contributed by atoms with Crippen LogP contribution < -0.4 is 23.7 Å². The first-order valence-corrected chi connectivity index (χ1v) is 13.8. The molecule has 2 heterocycles. The Bertz CT molecular complexity index is 1680. The number of nitrogens with one attached hydrogen (secondary N) is 1. The van der Waals surface area contributed by atoms with Crippen molar-refractivity contribution in [3.63, 3.8) is 0 Å². The summed E-state index contributed by atoms with van der Waals surface area (Å²) in [6.45, 7) is 1.84. The van der Waals surface area contributed by atoms with Crippen LogP contribution in [0.5, 0.6) is 23.0 Å². The topological polar surface area (TPSA) is 105 Å². The maximum atomic E-state index is 14.0. The van der Waals surface area contributed by atoms with Crippen LogP contribution in [0.3, 0.4) is 0 Å². The number of nitrogens with zero attached hydrogens (tertiary/aromatic N) is 1. The summed E-state index contributed by atoms with van der Waals surface area (Å²) in [5.74, 6) is 0.191. The maximum Gasteiger partial charge on any atom is 0.297 e. The molecule has 0 amide bonds. The van der Waals surface area contributed by atoms with Crippen molar-refractivity contribution >= 4 is 47.7 Å². The Balaban J connectivity index is 1.68. The van der Waals surface area contributed by atoms with E-state index >= 15 is 0 Å². The van der Waals surface area contributed by atoms with E-state index in [9.17, 15) is 13.2 Å². The molecule has 1 N–H and O–H groups in total. The van der Waals surface area contributed by atoms with E-state index in [1.165, 1.54) is 14.2 Å². The lowest BCUT2D eigenvalue weighted by molar-refractivity contribution is -0.112. The summed E-state index contributed by atoms with van der Waals surface area (Å²) in [5, 5.41) is -0.315. The van der Waals surface area contributed by atoms with Gasteiger partial charge in [0, 0.05) is 28.6 Å². The van der Waals surface area contributed by atoms with Crippen molar-refractivity contribution in [3.05, 3.63) is 75.9 Å². The van der Waals surface area contributed by atoms with Gasteiger partial charge in [-0.15, -0.1) is 0 Å². The minimum absolute atomic E-state index is 0.0108. The molecule has 1 unspecified atom stereocenters. The van der Waals surface area contributed by atoms with Gasteiger partial charge in [0.2, 0.25) is 12.5 Å². The molecule has 11 heteroatoms. The molecule has 0 bridgehead atoms. The summed E-state index contributed by atoms with van der Waals surface area (Å²) in [6.07, 6.45) is 1.76. The summed E-state index contributed by atoms with van der Waals surface area (Å²) in [7, 11) is 0.184. The SMILES string of the molecule is COc1cc(C)ccc1NS(=O)(=O)C(=O)C(c1cc(OC)c2c(c1)OCO2)c1cn(C)c2cc(Br)ccc12. The van der Waals surface area contributed by atoms with Crippen LogP contribution in [0.2, 0.25) is 0 Å². The fraction of sp³-hybridized carbons (Fsp3) is 0.222. The lowest BCUT2D eigenvalue weighted by Crippen LogP contribution is -2.29. The molecule has 0 aliphatic carbocycles. The zero-order valence-electron chi connectivity index (χ0n) is 21.1. The van der Waals surface area contributed by atoms with Crippen molar-refractivity contribution in [2.45, 2.75) is 12.8 Å². The predicted molar refractivity (Wildman–Crippen MR) is 147 cm³/mol. The Kier molecular flexibility index (Phi) is 6.74. The van der Waals surface area contributed by atoms with E-state index in [2.05, 4.69) is 20.7 Å². The van der Waals surface area contributed by atoms with Crippen molar-refractivity contribution in [3.8, 4) is 23.0 Å². The first-order chi connectivity index (χ1) is 18.1. The predicted octanol–water partition coefficient (Wildman–Crippen LogP) is 5.10. The Morgan fingerprint density at radius 1 is 1.05 bits per heavy atom. The molecule has 0 saturated carbocycles. The second kappa shape index (κ2) is 9.88. The number of aromatic nitrogens is 1. The number of anilines is 1. The molecule has 0 radical (unpaired) electrons. The molecule has 0 fully saturated rings. The highest BCUT2D eigenvalue weighted by atomic mass is 79.9. The molecule has 0 saturated heterocycles. The lowest BCUT2D eigenvalue weighted by Gasteiger charge is -2.19. The minimum atomic E-state index is -4.56. The molecule has 0 spiro atoms. The van der Waals surface area contributed by atoms with Gasteiger partial charge in [0.15, 0.2) is 11.5 Å². The molecule has 1 atom stereocenters. The molecule has 1 aromatic heterocycles. The van der Waals surface area contributed by atoms with Crippen LogP contribution in [0.1, 0.15) is 22.6 Å². The van der Waals surface area contributed by atoms with E-state index in [4.69, 9.17) is 18.9 Å². The summed E-state index contributed by atoms with van der Waals surface area (Å²) in [5.41, 5.74) is 2.76. The van der Waals surface area contributed by atoms with Crippen molar-refractivity contribution in [1.82, 2.24) is 4.57 Å². The lowest BCUT2D eigenvalue weighted by atomic mass is 9.91. The molecule has 1 aliphatic rings. The number of fused-ring (bicyclic) bond motifs is 2. The molecular weight excluding hydrogens is 576 g/mol. The van der Waals surface area contributed by atoms with Gasteiger partial charge < -0.3 is 23.5 Å². The molecular formula is C27H25BrN2O7S. The van der Waals surface area contributed by atoms with Crippen molar-refractivity contribution < 1.29 is 32.2 Å². The van der Waals surface area contributed by atoms with Crippen LogP contribution in [0.15, 0.2) is 59.2 Å². The number of ether oxygens (including phenoxy) is 4. The molecule has 3 aromatic carbocycles. The second-order valence-electron chi connectivity index (χ2n) is 8.88. The van der Waals surface area contributed by atoms with E-state index in [0.717, 1.165) is 20.9 Å². The summed E-state index contributed by atoms with van der Waals surface area (Å²) >= 11 is 3.48. The molecule has 5 rings (SSSR count). The van der Waals surface area contributed by atoms with Gasteiger partial charge in [-0.1, -0.05) is 28.1 Å². The van der Waals surface area contributed by atoms with Gasteiger partial charge in [0.25, 0.3) is 15.1 Å². The van der Waals surface area contributed by atoms with Crippen molar-refractivity contribution in [2.75, 3.05) is 25.7 Å². The fourth-order valence-corrected chi connectivity index (χ4v) is 6.09. The van der Waals surface area contributed by atoms with E-state index < -0.39 is 21.1 Å². The Labute approximate surface area is 228 Å². The van der Waals surface area contributed by atoms with Crippen LogP contribution >= 0.6 is 15.9 Å². The minimum Gasteiger partial charge on any atom is -0.495 e. The second-order valence-corrected chi connectivity index (χ2v) is 11.4. The summed E-state index contributed by atoms with van der Waals surface area (Å²) in [4.78, 5) is 14.0. The van der Waals surface area contributed by atoms with Gasteiger partial charge in [-0.3, -0.25) is 9.52 Å². The number of methoxy groups -OCH3 is 2. The normalized spacial score (nSPS) is 13.4. The van der Waals surface area contributed by atoms with Crippen LogP contribution in [0.25, 0.3) is 10.9 Å². The van der Waals surface area contributed by atoms with Crippen LogP contribution in [-0.4, -0.2) is 39.1 Å². The standard InChI is InChI=1S/C27H25BrN2O7S/c1-15-5-8-20(22(9-15)34-3)29-38(32,33)27(31)25(16-10-23(35-4)26-24(11-16)36-14-37-26)19-13-30(2)21-12-17(28)6-7-18(19)21/h5-13,25,29H,14H2,1-4H3. The molecule has 4 aromatic rings. The molecule has 38 heavy (non-hydrogen) atoms. The van der Waals surface area contributed by atoms with Gasteiger partial charge in [-0.2, -0.15) is 8.42 Å². The third kappa shape index (κ3) is 4.56. The maximum absolute atomic E-state index is 14.0. The highest BCUT2D eigenvalue weighted by Gasteiger charge is 2.37. The average molecular weight is 601 g/mol. The Morgan fingerprint density at radius 2 is 1.82 bits per heavy atom. The van der Waals surface area contributed by atoms with Crippen LogP contribution in [0.4, 0.5) is 5.69 Å². The molecule has 198 valence electrons. The number of benzene rings is 3. The number of hydrogen-bond donors (Lipinski definition) is 1. The van der Waals surface area contributed by atoms with Gasteiger partial charge in [0.05, 0.1) is 25.8 Å². The number of carbonyl (C=O) groups is 1. The Morgan fingerprint density at radius 3 is 2.55 bits per heavy atom. The zero-order chi connectivity index (χ0) is 27.2. The number of halogens is 1. The van der Waals surface area contributed by atoms with Crippen LogP contribution in [-0.2, 0) is 21.9 Å². The van der Waals surface area contributed by atoms with E-state index in [-0.39, 0.29) is 12.5 Å². The third-order valence-corrected chi connectivity index (χ3v) is 8.16. The average Bonchev–Trinajstić information content (AvgIpc) is 3.49. The van der Waals surface area contributed by atoms with E-state index in [0.29, 0.717) is 34.1 Å².